The van der Waals surface area contributed by atoms with Crippen LogP contribution in [0.1, 0.15) is 25.0 Å². The standard InChI is InChI=1S/C18H24N6O/c1-5-10-24-13(2)19-22-18(24)12-23(3)17-11-16(20-21-17)14-6-8-15(25-4)9-7-14/h6-9,11H,5,10,12H2,1-4H3,(H,20,21). The van der Waals surface area contributed by atoms with E-state index >= 15 is 0 Å². The van der Waals surface area contributed by atoms with Gasteiger partial charge in [-0.1, -0.05) is 6.92 Å². The third-order valence-corrected chi connectivity index (χ3v) is 4.19. The van der Waals surface area contributed by atoms with Crippen LogP contribution in [0.4, 0.5) is 5.82 Å². The molecule has 3 aromatic rings. The maximum Gasteiger partial charge on any atom is 0.152 e. The number of aryl methyl sites for hydroxylation is 1. The van der Waals surface area contributed by atoms with Gasteiger partial charge in [-0.05, 0) is 43.2 Å². The number of ether oxygens (including phenoxy) is 1. The second-order valence-corrected chi connectivity index (χ2v) is 6.04. The number of methoxy groups -OCH3 is 1. The summed E-state index contributed by atoms with van der Waals surface area (Å²) in [5.41, 5.74) is 2.04. The maximum absolute atomic E-state index is 5.20. The van der Waals surface area contributed by atoms with Crippen molar-refractivity contribution in [3.63, 3.8) is 0 Å². The van der Waals surface area contributed by atoms with Gasteiger partial charge in [-0.25, -0.2) is 0 Å². The highest BCUT2D eigenvalue weighted by Crippen LogP contribution is 2.24. The van der Waals surface area contributed by atoms with Gasteiger partial charge in [0.05, 0.1) is 19.3 Å². The highest BCUT2D eigenvalue weighted by molar-refractivity contribution is 5.63. The number of anilines is 1. The number of aromatic nitrogens is 5. The van der Waals surface area contributed by atoms with E-state index in [1.165, 1.54) is 0 Å². The largest absolute Gasteiger partial charge is 0.497 e. The fraction of sp³-hybridized carbons (Fsp3) is 0.389. The summed E-state index contributed by atoms with van der Waals surface area (Å²) in [6.07, 6.45) is 1.06. The van der Waals surface area contributed by atoms with E-state index in [1.807, 2.05) is 44.3 Å². The Morgan fingerprint density at radius 3 is 2.64 bits per heavy atom. The summed E-state index contributed by atoms with van der Waals surface area (Å²) in [4.78, 5) is 2.07. The van der Waals surface area contributed by atoms with E-state index in [9.17, 15) is 0 Å². The van der Waals surface area contributed by atoms with Gasteiger partial charge in [-0.3, -0.25) is 5.10 Å². The Morgan fingerprint density at radius 2 is 1.96 bits per heavy atom. The second kappa shape index (κ2) is 7.38. The Kier molecular flexibility index (Phi) is 5.02. The lowest BCUT2D eigenvalue weighted by Gasteiger charge is -2.16. The molecule has 0 atom stereocenters. The molecule has 0 aliphatic carbocycles. The van der Waals surface area contributed by atoms with Crippen LogP contribution in [0.25, 0.3) is 11.3 Å². The molecule has 7 heteroatoms. The van der Waals surface area contributed by atoms with Crippen molar-refractivity contribution in [2.24, 2.45) is 0 Å². The molecule has 0 amide bonds. The third-order valence-electron chi connectivity index (χ3n) is 4.19. The topological polar surface area (TPSA) is 71.9 Å². The first kappa shape index (κ1) is 17.0. The van der Waals surface area contributed by atoms with E-state index in [0.29, 0.717) is 6.54 Å². The van der Waals surface area contributed by atoms with Gasteiger partial charge in [-0.2, -0.15) is 5.10 Å². The lowest BCUT2D eigenvalue weighted by atomic mass is 10.1. The lowest BCUT2D eigenvalue weighted by Crippen LogP contribution is -2.20. The first-order valence-corrected chi connectivity index (χ1v) is 8.42. The molecule has 0 spiro atoms. The van der Waals surface area contributed by atoms with Gasteiger partial charge in [0.2, 0.25) is 0 Å². The number of hydrogen-bond acceptors (Lipinski definition) is 5. The molecule has 0 saturated heterocycles. The van der Waals surface area contributed by atoms with Gasteiger partial charge in [0.25, 0.3) is 0 Å². The summed E-state index contributed by atoms with van der Waals surface area (Å²) in [5, 5.41) is 16.0. The fourth-order valence-electron chi connectivity index (χ4n) is 2.77. The van der Waals surface area contributed by atoms with Crippen LogP contribution in [0.15, 0.2) is 30.3 Å². The van der Waals surface area contributed by atoms with E-state index in [0.717, 1.165) is 47.4 Å². The summed E-state index contributed by atoms with van der Waals surface area (Å²) in [6, 6.07) is 9.94. The van der Waals surface area contributed by atoms with Crippen LogP contribution in [0.2, 0.25) is 0 Å². The summed E-state index contributed by atoms with van der Waals surface area (Å²) in [7, 11) is 3.67. The number of aromatic amines is 1. The molecule has 3 rings (SSSR count). The van der Waals surface area contributed by atoms with E-state index in [-0.39, 0.29) is 0 Å². The zero-order valence-corrected chi connectivity index (χ0v) is 15.2. The van der Waals surface area contributed by atoms with Gasteiger partial charge in [-0.15, -0.1) is 10.2 Å². The van der Waals surface area contributed by atoms with Gasteiger partial charge < -0.3 is 14.2 Å². The number of nitrogens with zero attached hydrogens (tertiary/aromatic N) is 5. The highest BCUT2D eigenvalue weighted by atomic mass is 16.5. The van der Waals surface area contributed by atoms with Gasteiger partial charge in [0, 0.05) is 19.7 Å². The average molecular weight is 340 g/mol. The van der Waals surface area contributed by atoms with Crippen LogP contribution in [0.3, 0.4) is 0 Å². The molecule has 1 aromatic carbocycles. The van der Waals surface area contributed by atoms with Crippen LogP contribution < -0.4 is 9.64 Å². The van der Waals surface area contributed by atoms with E-state index in [2.05, 4.69) is 36.8 Å². The Bertz CT molecular complexity index is 820. The highest BCUT2D eigenvalue weighted by Gasteiger charge is 2.13. The van der Waals surface area contributed by atoms with Crippen molar-refractivity contribution in [1.29, 1.82) is 0 Å². The molecule has 2 heterocycles. The van der Waals surface area contributed by atoms with Gasteiger partial charge >= 0.3 is 0 Å². The third kappa shape index (κ3) is 3.65. The molecule has 0 aliphatic rings. The van der Waals surface area contributed by atoms with Crippen LogP contribution in [-0.2, 0) is 13.1 Å². The lowest BCUT2D eigenvalue weighted by molar-refractivity contribution is 0.415. The molecule has 0 aliphatic heterocycles. The predicted octanol–water partition coefficient (Wildman–Crippen LogP) is 3.03. The maximum atomic E-state index is 5.20. The molecular formula is C18H24N6O. The Hall–Kier alpha value is -2.83. The zero-order chi connectivity index (χ0) is 17.8. The number of benzene rings is 1. The first-order chi connectivity index (χ1) is 12.1. The number of nitrogens with one attached hydrogen (secondary N) is 1. The molecule has 0 saturated carbocycles. The van der Waals surface area contributed by atoms with E-state index < -0.39 is 0 Å². The van der Waals surface area contributed by atoms with Crippen LogP contribution in [0, 0.1) is 6.92 Å². The van der Waals surface area contributed by atoms with E-state index in [1.54, 1.807) is 7.11 Å². The van der Waals surface area contributed by atoms with Crippen molar-refractivity contribution in [3.05, 3.63) is 42.0 Å². The average Bonchev–Trinajstić information content (AvgIpc) is 3.25. The Balaban J connectivity index is 1.75. The number of H-pyrrole nitrogens is 1. The van der Waals surface area contributed by atoms with Crippen molar-refractivity contribution >= 4 is 5.82 Å². The fourth-order valence-corrected chi connectivity index (χ4v) is 2.77. The van der Waals surface area contributed by atoms with Crippen LogP contribution in [-0.4, -0.2) is 39.1 Å². The molecule has 7 nitrogen and oxygen atoms in total. The molecule has 0 unspecified atom stereocenters. The van der Waals surface area contributed by atoms with Crippen molar-refractivity contribution in [3.8, 4) is 17.0 Å². The summed E-state index contributed by atoms with van der Waals surface area (Å²) in [5.74, 6) is 3.61. The van der Waals surface area contributed by atoms with Crippen molar-refractivity contribution in [2.75, 3.05) is 19.1 Å². The second-order valence-electron chi connectivity index (χ2n) is 6.04. The normalized spacial score (nSPS) is 10.9. The van der Waals surface area contributed by atoms with Crippen molar-refractivity contribution < 1.29 is 4.74 Å². The quantitative estimate of drug-likeness (QED) is 0.716. The minimum atomic E-state index is 0.660. The molecule has 0 radical (unpaired) electrons. The first-order valence-electron chi connectivity index (χ1n) is 8.42. The molecule has 1 N–H and O–H groups in total. The van der Waals surface area contributed by atoms with Crippen molar-refractivity contribution in [2.45, 2.75) is 33.4 Å². The SMILES string of the molecule is CCCn1c(C)nnc1CN(C)c1cc(-c2ccc(OC)cc2)[nH]n1. The Labute approximate surface area is 147 Å². The predicted molar refractivity (Wildman–Crippen MR) is 97.7 cm³/mol. The minimum Gasteiger partial charge on any atom is -0.497 e. The van der Waals surface area contributed by atoms with E-state index in [4.69, 9.17) is 4.74 Å². The van der Waals surface area contributed by atoms with Crippen LogP contribution in [0.5, 0.6) is 5.75 Å². The number of rotatable bonds is 7. The minimum absolute atomic E-state index is 0.660. The molecule has 25 heavy (non-hydrogen) atoms. The number of hydrogen-bond donors (Lipinski definition) is 1. The van der Waals surface area contributed by atoms with Gasteiger partial charge in [0.15, 0.2) is 11.6 Å². The summed E-state index contributed by atoms with van der Waals surface area (Å²) >= 11 is 0. The van der Waals surface area contributed by atoms with Crippen molar-refractivity contribution in [1.82, 2.24) is 25.0 Å². The van der Waals surface area contributed by atoms with Crippen LogP contribution >= 0.6 is 0 Å². The summed E-state index contributed by atoms with van der Waals surface area (Å²) < 4.78 is 7.36. The zero-order valence-electron chi connectivity index (χ0n) is 15.2. The smallest absolute Gasteiger partial charge is 0.152 e. The monoisotopic (exact) mass is 340 g/mol. The van der Waals surface area contributed by atoms with Gasteiger partial charge in [0.1, 0.15) is 11.6 Å². The molecular weight excluding hydrogens is 316 g/mol. The molecule has 2 aromatic heterocycles. The molecule has 0 fully saturated rings. The summed E-state index contributed by atoms with van der Waals surface area (Å²) in [6.45, 7) is 5.73. The molecule has 0 bridgehead atoms. The molecule has 132 valence electrons. The Morgan fingerprint density at radius 1 is 1.20 bits per heavy atom.